The molecule has 0 bridgehead atoms. The van der Waals surface area contributed by atoms with Crippen LogP contribution in [0.3, 0.4) is 0 Å². The number of aryl methyl sites for hydroxylation is 1. The highest BCUT2D eigenvalue weighted by molar-refractivity contribution is 5.70. The largest absolute Gasteiger partial charge is 0.481 e. The molecule has 2 aliphatic rings. The Hall–Kier alpha value is -1.36. The Morgan fingerprint density at radius 1 is 1.45 bits per heavy atom. The van der Waals surface area contributed by atoms with Crippen LogP contribution in [0.4, 0.5) is 0 Å². The average Bonchev–Trinajstić information content (AvgIpc) is 2.90. The zero-order valence-corrected chi connectivity index (χ0v) is 12.1. The number of imidazole rings is 1. The summed E-state index contributed by atoms with van der Waals surface area (Å²) in [5.74, 6) is 0.667. The number of aromatic nitrogens is 2. The minimum absolute atomic E-state index is 0.247. The minimum atomic E-state index is -0.680. The second kappa shape index (κ2) is 5.56. The highest BCUT2D eigenvalue weighted by Crippen LogP contribution is 2.28. The Bertz CT molecular complexity index is 497. The zero-order valence-electron chi connectivity index (χ0n) is 12.1. The third-order valence-electron chi connectivity index (χ3n) is 4.73. The molecular weight excluding hydrogens is 254 g/mol. The molecule has 110 valence electrons. The van der Waals surface area contributed by atoms with Gasteiger partial charge in [0.25, 0.3) is 0 Å². The molecule has 2 unspecified atom stereocenters. The van der Waals surface area contributed by atoms with E-state index in [1.54, 1.807) is 0 Å². The van der Waals surface area contributed by atoms with Crippen molar-refractivity contribution in [2.75, 3.05) is 19.6 Å². The molecule has 3 heterocycles. The molecule has 1 aromatic heterocycles. The normalized spacial score (nSPS) is 27.2. The predicted molar refractivity (Wildman–Crippen MR) is 75.8 cm³/mol. The van der Waals surface area contributed by atoms with Crippen molar-refractivity contribution >= 4 is 5.97 Å². The summed E-state index contributed by atoms with van der Waals surface area (Å²) in [6.07, 6.45) is 6.06. The molecule has 1 N–H and O–H groups in total. The van der Waals surface area contributed by atoms with Crippen LogP contribution in [0.1, 0.15) is 43.6 Å². The van der Waals surface area contributed by atoms with Crippen LogP contribution in [0.15, 0.2) is 6.20 Å². The van der Waals surface area contributed by atoms with Crippen molar-refractivity contribution in [1.29, 1.82) is 0 Å². The van der Waals surface area contributed by atoms with Gasteiger partial charge in [-0.3, -0.25) is 4.79 Å². The Labute approximate surface area is 119 Å². The summed E-state index contributed by atoms with van der Waals surface area (Å²) >= 11 is 0. The number of piperidine rings is 1. The molecule has 3 rings (SSSR count). The van der Waals surface area contributed by atoms with Crippen molar-refractivity contribution in [2.24, 2.45) is 5.92 Å². The van der Waals surface area contributed by atoms with Gasteiger partial charge in [-0.05, 0) is 32.4 Å². The third-order valence-corrected chi connectivity index (χ3v) is 4.73. The van der Waals surface area contributed by atoms with E-state index < -0.39 is 5.97 Å². The summed E-state index contributed by atoms with van der Waals surface area (Å²) in [6.45, 7) is 6.18. The quantitative estimate of drug-likeness (QED) is 0.914. The van der Waals surface area contributed by atoms with Crippen molar-refractivity contribution in [1.82, 2.24) is 14.5 Å². The van der Waals surface area contributed by atoms with E-state index in [-0.39, 0.29) is 5.92 Å². The fourth-order valence-corrected chi connectivity index (χ4v) is 3.45. The minimum Gasteiger partial charge on any atom is -0.481 e. The fraction of sp³-hybridized carbons (Fsp3) is 0.733. The maximum Gasteiger partial charge on any atom is 0.308 e. The van der Waals surface area contributed by atoms with Crippen molar-refractivity contribution in [3.8, 4) is 0 Å². The van der Waals surface area contributed by atoms with E-state index in [0.29, 0.717) is 12.5 Å². The summed E-state index contributed by atoms with van der Waals surface area (Å²) in [4.78, 5) is 18.4. The second-order valence-corrected chi connectivity index (χ2v) is 6.04. The lowest BCUT2D eigenvalue weighted by Gasteiger charge is -2.30. The Balaban J connectivity index is 1.75. The first kappa shape index (κ1) is 13.6. The van der Waals surface area contributed by atoms with Gasteiger partial charge in [0.05, 0.1) is 11.6 Å². The van der Waals surface area contributed by atoms with E-state index in [9.17, 15) is 4.79 Å². The van der Waals surface area contributed by atoms with Crippen LogP contribution in [0.25, 0.3) is 0 Å². The van der Waals surface area contributed by atoms with Crippen LogP contribution in [-0.2, 0) is 17.8 Å². The van der Waals surface area contributed by atoms with Gasteiger partial charge in [-0.25, -0.2) is 4.98 Å². The number of hydrogen-bond donors (Lipinski definition) is 1. The number of likely N-dealkylation sites (N-methyl/N-ethyl adjacent to an activating group) is 1. The van der Waals surface area contributed by atoms with E-state index in [0.717, 1.165) is 31.8 Å². The van der Waals surface area contributed by atoms with E-state index in [4.69, 9.17) is 10.1 Å². The van der Waals surface area contributed by atoms with Crippen LogP contribution in [0, 0.1) is 5.92 Å². The number of fused-ring (bicyclic) bond motifs is 1. The van der Waals surface area contributed by atoms with Crippen LogP contribution < -0.4 is 0 Å². The Morgan fingerprint density at radius 2 is 2.30 bits per heavy atom. The van der Waals surface area contributed by atoms with Gasteiger partial charge in [-0.15, -0.1) is 0 Å². The highest BCUT2D eigenvalue weighted by Gasteiger charge is 2.28. The first-order chi connectivity index (χ1) is 9.67. The lowest BCUT2D eigenvalue weighted by Crippen LogP contribution is -2.34. The van der Waals surface area contributed by atoms with Gasteiger partial charge in [0, 0.05) is 31.6 Å². The van der Waals surface area contributed by atoms with Crippen LogP contribution in [0.2, 0.25) is 0 Å². The average molecular weight is 277 g/mol. The summed E-state index contributed by atoms with van der Waals surface area (Å²) < 4.78 is 2.07. The van der Waals surface area contributed by atoms with Crippen molar-refractivity contribution in [2.45, 2.75) is 45.1 Å². The van der Waals surface area contributed by atoms with Crippen molar-refractivity contribution in [3.05, 3.63) is 17.7 Å². The van der Waals surface area contributed by atoms with Gasteiger partial charge in [0.2, 0.25) is 0 Å². The number of hydrogen-bond acceptors (Lipinski definition) is 3. The third kappa shape index (κ3) is 2.59. The van der Waals surface area contributed by atoms with Gasteiger partial charge in [-0.2, -0.15) is 0 Å². The number of aliphatic carboxylic acids is 1. The highest BCUT2D eigenvalue weighted by atomic mass is 16.4. The molecule has 0 saturated carbocycles. The summed E-state index contributed by atoms with van der Waals surface area (Å²) in [7, 11) is 0. The molecule has 2 aliphatic heterocycles. The standard InChI is InChI=1S/C15H23N3O2/c1-2-17-7-3-4-11(8-17)13-10-18-9-12(15(19)20)5-6-14(18)16-13/h10-12H,2-9H2,1H3,(H,19,20). The first-order valence-electron chi connectivity index (χ1n) is 7.68. The molecule has 0 aliphatic carbocycles. The predicted octanol–water partition coefficient (Wildman–Crippen LogP) is 1.73. The number of likely N-dealkylation sites (tertiary alicyclic amines) is 1. The number of nitrogens with zero attached hydrogens (tertiary/aromatic N) is 3. The molecule has 5 nitrogen and oxygen atoms in total. The summed E-state index contributed by atoms with van der Waals surface area (Å²) in [5, 5.41) is 9.15. The van der Waals surface area contributed by atoms with E-state index >= 15 is 0 Å². The van der Waals surface area contributed by atoms with Gasteiger partial charge in [0.15, 0.2) is 0 Å². The Kier molecular flexibility index (Phi) is 3.78. The maximum absolute atomic E-state index is 11.1. The Morgan fingerprint density at radius 3 is 3.05 bits per heavy atom. The van der Waals surface area contributed by atoms with Crippen molar-refractivity contribution < 1.29 is 9.90 Å². The smallest absolute Gasteiger partial charge is 0.308 e. The van der Waals surface area contributed by atoms with Crippen LogP contribution in [-0.4, -0.2) is 45.2 Å². The number of carboxylic acids is 1. The molecule has 0 amide bonds. The van der Waals surface area contributed by atoms with Gasteiger partial charge < -0.3 is 14.6 Å². The number of carboxylic acid groups (broad SMARTS) is 1. The van der Waals surface area contributed by atoms with Crippen LogP contribution >= 0.6 is 0 Å². The lowest BCUT2D eigenvalue weighted by atomic mass is 9.95. The van der Waals surface area contributed by atoms with Gasteiger partial charge in [0.1, 0.15) is 5.82 Å². The molecule has 5 heteroatoms. The number of rotatable bonds is 3. The maximum atomic E-state index is 11.1. The summed E-state index contributed by atoms with van der Waals surface area (Å²) in [5.41, 5.74) is 1.17. The van der Waals surface area contributed by atoms with Crippen LogP contribution in [0.5, 0.6) is 0 Å². The molecule has 1 fully saturated rings. The molecule has 1 saturated heterocycles. The molecule has 1 aromatic rings. The van der Waals surface area contributed by atoms with Gasteiger partial charge >= 0.3 is 5.97 Å². The molecular formula is C15H23N3O2. The van der Waals surface area contributed by atoms with Crippen molar-refractivity contribution in [3.63, 3.8) is 0 Å². The van der Waals surface area contributed by atoms with E-state index in [2.05, 4.69) is 22.6 Å². The monoisotopic (exact) mass is 277 g/mol. The molecule has 0 aromatic carbocycles. The lowest BCUT2D eigenvalue weighted by molar-refractivity contribution is -0.142. The zero-order chi connectivity index (χ0) is 14.1. The molecule has 0 radical (unpaired) electrons. The second-order valence-electron chi connectivity index (χ2n) is 6.04. The molecule has 20 heavy (non-hydrogen) atoms. The first-order valence-corrected chi connectivity index (χ1v) is 7.68. The molecule has 2 atom stereocenters. The van der Waals surface area contributed by atoms with E-state index in [1.807, 2.05) is 0 Å². The van der Waals surface area contributed by atoms with E-state index in [1.165, 1.54) is 25.1 Å². The fourth-order valence-electron chi connectivity index (χ4n) is 3.45. The number of carbonyl (C=O) groups is 1. The summed E-state index contributed by atoms with van der Waals surface area (Å²) in [6, 6.07) is 0. The topological polar surface area (TPSA) is 58.4 Å². The van der Waals surface area contributed by atoms with Gasteiger partial charge in [-0.1, -0.05) is 6.92 Å². The molecule has 0 spiro atoms. The SMILES string of the molecule is CCN1CCCC(c2cn3c(n2)CCC(C(=O)O)C3)C1.